The smallest absolute Gasteiger partial charge is 0.250 e. The average Bonchev–Trinajstić information content (AvgIpc) is 2.44. The molecule has 0 aliphatic rings. The molecule has 1 N–H and O–H groups in total. The molecule has 19 heavy (non-hydrogen) atoms. The van der Waals surface area contributed by atoms with E-state index in [0.717, 1.165) is 5.56 Å². The number of aliphatic imine (C=N–C) groups is 1. The summed E-state index contributed by atoms with van der Waals surface area (Å²) >= 11 is 6.26. The largest absolute Gasteiger partial charge is 0.372 e. The van der Waals surface area contributed by atoms with E-state index in [9.17, 15) is 4.79 Å². The van der Waals surface area contributed by atoms with E-state index >= 15 is 0 Å². The Balaban J connectivity index is 2.89. The molecule has 1 amide bonds. The number of nitrogens with zero attached hydrogens (tertiary/aromatic N) is 1. The van der Waals surface area contributed by atoms with E-state index < -0.39 is 0 Å². The molecular formula is C14H17ClN2O2. The van der Waals surface area contributed by atoms with Crippen LogP contribution in [0.1, 0.15) is 19.4 Å². The number of carbonyl (C=O) groups excluding carboxylic acids is 1. The molecule has 0 atom stereocenters. The van der Waals surface area contributed by atoms with E-state index in [1.54, 1.807) is 13.0 Å². The summed E-state index contributed by atoms with van der Waals surface area (Å²) in [5, 5.41) is 3.12. The first-order valence-corrected chi connectivity index (χ1v) is 6.28. The van der Waals surface area contributed by atoms with Crippen LogP contribution >= 0.6 is 11.6 Å². The van der Waals surface area contributed by atoms with Gasteiger partial charge in [-0.1, -0.05) is 29.8 Å². The van der Waals surface area contributed by atoms with E-state index in [4.69, 9.17) is 16.3 Å². The first-order chi connectivity index (χ1) is 9.10. The van der Waals surface area contributed by atoms with Crippen LogP contribution in [0.25, 0.3) is 5.03 Å². The third-order valence-corrected chi connectivity index (χ3v) is 2.89. The van der Waals surface area contributed by atoms with Crippen LogP contribution in [-0.4, -0.2) is 25.8 Å². The molecule has 0 bridgehead atoms. The Kier molecular flexibility index (Phi) is 6.25. The SMILES string of the molecule is C=Nc1ccccc1/C(Cl)=C(\C)NC(=O)COCC. The molecule has 1 rings (SSSR count). The van der Waals surface area contributed by atoms with Gasteiger partial charge in [0, 0.05) is 17.9 Å². The number of rotatable bonds is 6. The van der Waals surface area contributed by atoms with E-state index in [2.05, 4.69) is 17.0 Å². The van der Waals surface area contributed by atoms with Crippen molar-refractivity contribution in [1.29, 1.82) is 0 Å². The van der Waals surface area contributed by atoms with Gasteiger partial charge in [-0.2, -0.15) is 0 Å². The number of benzene rings is 1. The fraction of sp³-hybridized carbons (Fsp3) is 0.286. The number of para-hydroxylation sites is 1. The molecule has 0 aliphatic carbocycles. The number of halogens is 1. The van der Waals surface area contributed by atoms with Crippen molar-refractivity contribution >= 4 is 34.9 Å². The highest BCUT2D eigenvalue weighted by atomic mass is 35.5. The molecule has 0 unspecified atom stereocenters. The van der Waals surface area contributed by atoms with Crippen LogP contribution < -0.4 is 5.32 Å². The average molecular weight is 281 g/mol. The minimum atomic E-state index is -0.235. The number of carbonyl (C=O) groups is 1. The van der Waals surface area contributed by atoms with Gasteiger partial charge in [0.2, 0.25) is 5.91 Å². The predicted molar refractivity (Wildman–Crippen MR) is 78.7 cm³/mol. The number of hydrogen-bond acceptors (Lipinski definition) is 3. The topological polar surface area (TPSA) is 50.7 Å². The van der Waals surface area contributed by atoms with E-state index in [1.165, 1.54) is 0 Å². The van der Waals surface area contributed by atoms with Crippen LogP contribution in [0.2, 0.25) is 0 Å². The fourth-order valence-electron chi connectivity index (χ4n) is 1.49. The van der Waals surface area contributed by atoms with Gasteiger partial charge in [0.25, 0.3) is 0 Å². The Labute approximate surface area is 118 Å². The van der Waals surface area contributed by atoms with Gasteiger partial charge in [-0.15, -0.1) is 0 Å². The maximum absolute atomic E-state index is 11.5. The van der Waals surface area contributed by atoms with Crippen molar-refractivity contribution in [3.63, 3.8) is 0 Å². The van der Waals surface area contributed by atoms with Crippen molar-refractivity contribution in [3.05, 3.63) is 35.5 Å². The van der Waals surface area contributed by atoms with E-state index in [-0.39, 0.29) is 12.5 Å². The molecule has 102 valence electrons. The molecule has 0 aliphatic heterocycles. The lowest BCUT2D eigenvalue weighted by Gasteiger charge is -2.10. The molecular weight excluding hydrogens is 264 g/mol. The Morgan fingerprint density at radius 1 is 1.47 bits per heavy atom. The zero-order chi connectivity index (χ0) is 14.3. The molecule has 0 saturated carbocycles. The van der Waals surface area contributed by atoms with Crippen LogP contribution in [0.5, 0.6) is 0 Å². The highest BCUT2D eigenvalue weighted by Crippen LogP contribution is 2.30. The molecule has 1 aromatic rings. The molecule has 5 heteroatoms. The van der Waals surface area contributed by atoms with Crippen LogP contribution in [0, 0.1) is 0 Å². The summed E-state index contributed by atoms with van der Waals surface area (Å²) in [6.45, 7) is 7.56. The molecule has 4 nitrogen and oxygen atoms in total. The number of allylic oxidation sites excluding steroid dienone is 1. The first kappa shape index (κ1) is 15.4. The van der Waals surface area contributed by atoms with Crippen molar-refractivity contribution in [3.8, 4) is 0 Å². The summed E-state index contributed by atoms with van der Waals surface area (Å²) in [6, 6.07) is 7.33. The minimum absolute atomic E-state index is 0.0133. The van der Waals surface area contributed by atoms with Gasteiger partial charge in [-0.25, -0.2) is 0 Å². The fourth-order valence-corrected chi connectivity index (χ4v) is 1.70. The van der Waals surface area contributed by atoms with Crippen LogP contribution in [-0.2, 0) is 9.53 Å². The second-order valence-electron chi connectivity index (χ2n) is 3.80. The molecule has 0 saturated heterocycles. The lowest BCUT2D eigenvalue weighted by Crippen LogP contribution is -2.26. The summed E-state index contributed by atoms with van der Waals surface area (Å²) in [6.07, 6.45) is 0. The monoisotopic (exact) mass is 280 g/mol. The van der Waals surface area contributed by atoms with Gasteiger partial charge < -0.3 is 10.1 Å². The number of ether oxygens (including phenoxy) is 1. The maximum Gasteiger partial charge on any atom is 0.250 e. The predicted octanol–water partition coefficient (Wildman–Crippen LogP) is 3.10. The van der Waals surface area contributed by atoms with Crippen molar-refractivity contribution in [2.24, 2.45) is 4.99 Å². The summed E-state index contributed by atoms with van der Waals surface area (Å²) in [4.78, 5) is 15.4. The van der Waals surface area contributed by atoms with Gasteiger partial charge >= 0.3 is 0 Å². The molecule has 0 radical (unpaired) electrons. The van der Waals surface area contributed by atoms with Crippen molar-refractivity contribution in [2.75, 3.05) is 13.2 Å². The second kappa shape index (κ2) is 7.71. The summed E-state index contributed by atoms with van der Waals surface area (Å²) in [5.74, 6) is -0.235. The first-order valence-electron chi connectivity index (χ1n) is 5.90. The highest BCUT2D eigenvalue weighted by molar-refractivity contribution is 6.49. The third-order valence-electron chi connectivity index (χ3n) is 2.40. The highest BCUT2D eigenvalue weighted by Gasteiger charge is 2.09. The Morgan fingerprint density at radius 3 is 2.79 bits per heavy atom. The molecule has 1 aromatic carbocycles. The zero-order valence-corrected chi connectivity index (χ0v) is 11.8. The van der Waals surface area contributed by atoms with Gasteiger partial charge in [0.1, 0.15) is 6.61 Å². The molecule has 0 heterocycles. The van der Waals surface area contributed by atoms with Gasteiger partial charge in [0.05, 0.1) is 10.7 Å². The van der Waals surface area contributed by atoms with Crippen LogP contribution in [0.15, 0.2) is 35.0 Å². The Bertz CT molecular complexity index is 498. The lowest BCUT2D eigenvalue weighted by molar-refractivity contribution is -0.124. The zero-order valence-electron chi connectivity index (χ0n) is 11.1. The maximum atomic E-state index is 11.5. The summed E-state index contributed by atoms with van der Waals surface area (Å²) in [5.41, 5.74) is 1.96. The van der Waals surface area contributed by atoms with Crippen molar-refractivity contribution in [2.45, 2.75) is 13.8 Å². The summed E-state index contributed by atoms with van der Waals surface area (Å²) < 4.78 is 5.02. The lowest BCUT2D eigenvalue weighted by atomic mass is 10.1. The Morgan fingerprint density at radius 2 is 2.16 bits per heavy atom. The minimum Gasteiger partial charge on any atom is -0.372 e. The number of nitrogens with one attached hydrogen (secondary N) is 1. The molecule has 0 fully saturated rings. The van der Waals surface area contributed by atoms with E-state index in [1.807, 2.05) is 25.1 Å². The second-order valence-corrected chi connectivity index (χ2v) is 4.18. The van der Waals surface area contributed by atoms with Gasteiger partial charge in [-0.05, 0) is 26.6 Å². The summed E-state index contributed by atoms with van der Waals surface area (Å²) in [7, 11) is 0. The quantitative estimate of drug-likeness (QED) is 0.814. The van der Waals surface area contributed by atoms with E-state index in [0.29, 0.717) is 23.0 Å². The number of amides is 1. The molecule has 0 aromatic heterocycles. The Hall–Kier alpha value is -1.65. The van der Waals surface area contributed by atoms with Crippen LogP contribution in [0.4, 0.5) is 5.69 Å². The van der Waals surface area contributed by atoms with Crippen LogP contribution in [0.3, 0.4) is 0 Å². The van der Waals surface area contributed by atoms with Crippen molar-refractivity contribution < 1.29 is 9.53 Å². The standard InChI is InChI=1S/C14H17ClN2O2/c1-4-19-9-13(18)17-10(2)14(15)11-7-5-6-8-12(11)16-3/h5-8H,3-4,9H2,1-2H3,(H,17,18)/b14-10-. The van der Waals surface area contributed by atoms with Gasteiger partial charge in [-0.3, -0.25) is 9.79 Å². The van der Waals surface area contributed by atoms with Crippen molar-refractivity contribution in [1.82, 2.24) is 5.32 Å². The third kappa shape index (κ3) is 4.50. The number of hydrogen-bond donors (Lipinski definition) is 1. The normalized spacial score (nSPS) is 11.7. The molecule has 0 spiro atoms. The van der Waals surface area contributed by atoms with Gasteiger partial charge in [0.15, 0.2) is 0 Å².